The number of benzene rings is 1. The molecule has 1 fully saturated rings. The van der Waals surface area contributed by atoms with E-state index in [2.05, 4.69) is 4.99 Å². The molecule has 2 atom stereocenters. The number of esters is 1. The normalized spacial score (nSPS) is 24.1. The minimum absolute atomic E-state index is 0.0677. The number of carbonyl (C=O) groups excluding carboxylic acids is 1. The summed E-state index contributed by atoms with van der Waals surface area (Å²) in [5, 5.41) is 1.35. The summed E-state index contributed by atoms with van der Waals surface area (Å²) in [6.45, 7) is 2.63. The Bertz CT molecular complexity index is 780. The summed E-state index contributed by atoms with van der Waals surface area (Å²) in [6.07, 6.45) is 0. The van der Waals surface area contributed by atoms with Crippen LogP contribution in [0.25, 0.3) is 0 Å². The van der Waals surface area contributed by atoms with E-state index in [1.807, 2.05) is 17.0 Å². The van der Waals surface area contributed by atoms with Crippen molar-refractivity contribution in [3.63, 3.8) is 0 Å². The van der Waals surface area contributed by atoms with Gasteiger partial charge >= 0.3 is 5.97 Å². The lowest BCUT2D eigenvalue weighted by atomic mass is 10.1. The summed E-state index contributed by atoms with van der Waals surface area (Å²) < 4.78 is 28.9. The summed E-state index contributed by atoms with van der Waals surface area (Å²) in [6, 6.07) is 6.99. The van der Waals surface area contributed by atoms with Gasteiger partial charge in [0.05, 0.1) is 35.9 Å². The van der Waals surface area contributed by atoms with Crippen molar-refractivity contribution in [3.05, 3.63) is 34.9 Å². The van der Waals surface area contributed by atoms with E-state index in [1.54, 1.807) is 19.1 Å². The number of nitrogens with zero attached hydrogens (tertiary/aromatic N) is 2. The van der Waals surface area contributed by atoms with Crippen LogP contribution in [0.15, 0.2) is 29.3 Å². The van der Waals surface area contributed by atoms with Crippen LogP contribution >= 0.6 is 23.4 Å². The number of amidine groups is 1. The zero-order valence-corrected chi connectivity index (χ0v) is 16.1. The highest BCUT2D eigenvalue weighted by Gasteiger charge is 2.46. The van der Waals surface area contributed by atoms with Gasteiger partial charge in [0.1, 0.15) is 0 Å². The Kier molecular flexibility index (Phi) is 5.60. The molecule has 0 aromatic heterocycles. The van der Waals surface area contributed by atoms with Gasteiger partial charge in [-0.05, 0) is 24.6 Å². The molecule has 0 amide bonds. The average molecular weight is 403 g/mol. The first-order chi connectivity index (χ1) is 11.9. The minimum atomic E-state index is -3.07. The number of carbonyl (C=O) groups is 1. The first-order valence-electron chi connectivity index (χ1n) is 7.95. The van der Waals surface area contributed by atoms with Crippen LogP contribution in [0.2, 0.25) is 5.02 Å². The molecule has 0 saturated carbocycles. The number of halogens is 1. The van der Waals surface area contributed by atoms with E-state index in [1.165, 1.54) is 11.8 Å². The zero-order valence-electron chi connectivity index (χ0n) is 13.7. The van der Waals surface area contributed by atoms with Crippen LogP contribution in [0.3, 0.4) is 0 Å². The number of rotatable bonds is 5. The molecule has 1 aromatic rings. The van der Waals surface area contributed by atoms with Gasteiger partial charge in [0.25, 0.3) is 0 Å². The highest BCUT2D eigenvalue weighted by Crippen LogP contribution is 2.32. The highest BCUT2D eigenvalue weighted by atomic mass is 35.5. The van der Waals surface area contributed by atoms with Crippen LogP contribution in [0.1, 0.15) is 12.5 Å². The SMILES string of the molecule is CCOC(=O)CSC1=N[C@H]2CS(=O)(=O)C[C@@H]2N1Cc1ccc(Cl)cc1. The third kappa shape index (κ3) is 4.48. The lowest BCUT2D eigenvalue weighted by Crippen LogP contribution is -2.38. The molecule has 2 aliphatic heterocycles. The largest absolute Gasteiger partial charge is 0.465 e. The van der Waals surface area contributed by atoms with Crippen molar-refractivity contribution in [1.29, 1.82) is 0 Å². The molecule has 0 aliphatic carbocycles. The number of hydrogen-bond donors (Lipinski definition) is 0. The van der Waals surface area contributed by atoms with Crippen LogP contribution in [-0.4, -0.2) is 60.4 Å². The van der Waals surface area contributed by atoms with E-state index in [9.17, 15) is 13.2 Å². The topological polar surface area (TPSA) is 76.0 Å². The fraction of sp³-hybridized carbons (Fsp3) is 0.500. The van der Waals surface area contributed by atoms with E-state index in [-0.39, 0.29) is 35.3 Å². The molecule has 6 nitrogen and oxygen atoms in total. The molecule has 0 spiro atoms. The zero-order chi connectivity index (χ0) is 18.0. The number of sulfone groups is 1. The molecule has 1 saturated heterocycles. The van der Waals surface area contributed by atoms with E-state index >= 15 is 0 Å². The Morgan fingerprint density at radius 1 is 1.36 bits per heavy atom. The van der Waals surface area contributed by atoms with Gasteiger partial charge in [0.2, 0.25) is 0 Å². The summed E-state index contributed by atoms with van der Waals surface area (Å²) in [5.74, 6) is 0.0261. The Morgan fingerprint density at radius 2 is 2.08 bits per heavy atom. The predicted octanol–water partition coefficient (Wildman–Crippen LogP) is 1.97. The lowest BCUT2D eigenvalue weighted by Gasteiger charge is -2.26. The number of fused-ring (bicyclic) bond motifs is 1. The van der Waals surface area contributed by atoms with Gasteiger partial charge in [-0.25, -0.2) is 8.42 Å². The summed E-state index contributed by atoms with van der Waals surface area (Å²) in [4.78, 5) is 18.2. The molecule has 25 heavy (non-hydrogen) atoms. The van der Waals surface area contributed by atoms with Crippen LogP contribution in [0.5, 0.6) is 0 Å². The Labute approximate surface area is 156 Å². The molecule has 3 rings (SSSR count). The average Bonchev–Trinajstić information content (AvgIpc) is 3.00. The molecule has 0 bridgehead atoms. The molecule has 136 valence electrons. The van der Waals surface area contributed by atoms with E-state index in [0.29, 0.717) is 23.3 Å². The third-order valence-electron chi connectivity index (χ3n) is 4.11. The Balaban J connectivity index is 1.76. The maximum atomic E-state index is 12.0. The van der Waals surface area contributed by atoms with Gasteiger partial charge in [-0.3, -0.25) is 9.79 Å². The van der Waals surface area contributed by atoms with Gasteiger partial charge in [-0.1, -0.05) is 35.5 Å². The molecule has 2 aliphatic rings. The maximum Gasteiger partial charge on any atom is 0.316 e. The summed E-state index contributed by atoms with van der Waals surface area (Å²) >= 11 is 7.23. The van der Waals surface area contributed by atoms with Crippen molar-refractivity contribution in [2.45, 2.75) is 25.6 Å². The molecular formula is C16H19ClN2O4S2. The maximum absolute atomic E-state index is 12.0. The van der Waals surface area contributed by atoms with Crippen molar-refractivity contribution in [2.75, 3.05) is 23.9 Å². The number of ether oxygens (including phenoxy) is 1. The van der Waals surface area contributed by atoms with Crippen LogP contribution < -0.4 is 0 Å². The van der Waals surface area contributed by atoms with Crippen molar-refractivity contribution in [1.82, 2.24) is 4.90 Å². The van der Waals surface area contributed by atoms with Crippen molar-refractivity contribution < 1.29 is 17.9 Å². The Hall–Kier alpha value is -1.25. The predicted molar refractivity (Wildman–Crippen MR) is 99.8 cm³/mol. The molecule has 0 N–H and O–H groups in total. The molecule has 0 radical (unpaired) electrons. The molecule has 9 heteroatoms. The first-order valence-corrected chi connectivity index (χ1v) is 11.1. The second-order valence-corrected chi connectivity index (χ2v) is 9.50. The van der Waals surface area contributed by atoms with Crippen LogP contribution in [0, 0.1) is 0 Å². The van der Waals surface area contributed by atoms with E-state index < -0.39 is 9.84 Å². The number of hydrogen-bond acceptors (Lipinski definition) is 7. The van der Waals surface area contributed by atoms with Crippen molar-refractivity contribution in [3.8, 4) is 0 Å². The number of aliphatic imine (C=N–C) groups is 1. The van der Waals surface area contributed by atoms with Crippen molar-refractivity contribution >= 4 is 44.3 Å². The second-order valence-electron chi connectivity index (χ2n) is 5.97. The van der Waals surface area contributed by atoms with Crippen molar-refractivity contribution in [2.24, 2.45) is 4.99 Å². The van der Waals surface area contributed by atoms with Gasteiger partial charge in [0.15, 0.2) is 15.0 Å². The van der Waals surface area contributed by atoms with Gasteiger partial charge in [0, 0.05) is 11.6 Å². The fourth-order valence-corrected chi connectivity index (χ4v) is 5.91. The van der Waals surface area contributed by atoms with Gasteiger partial charge < -0.3 is 9.64 Å². The second kappa shape index (κ2) is 7.55. The van der Waals surface area contributed by atoms with E-state index in [4.69, 9.17) is 16.3 Å². The van der Waals surface area contributed by atoms with Crippen LogP contribution in [0.4, 0.5) is 0 Å². The monoisotopic (exact) mass is 402 g/mol. The van der Waals surface area contributed by atoms with Gasteiger partial charge in [-0.15, -0.1) is 0 Å². The third-order valence-corrected chi connectivity index (χ3v) is 7.04. The van der Waals surface area contributed by atoms with E-state index in [0.717, 1.165) is 5.56 Å². The summed E-state index contributed by atoms with van der Waals surface area (Å²) in [5.41, 5.74) is 1.01. The first kappa shape index (κ1) is 18.5. The lowest BCUT2D eigenvalue weighted by molar-refractivity contribution is -0.139. The quantitative estimate of drug-likeness (QED) is 0.701. The Morgan fingerprint density at radius 3 is 2.76 bits per heavy atom. The van der Waals surface area contributed by atoms with Crippen LogP contribution in [-0.2, 0) is 25.9 Å². The molecule has 0 unspecified atom stereocenters. The fourth-order valence-electron chi connectivity index (χ4n) is 3.01. The summed E-state index contributed by atoms with van der Waals surface area (Å²) in [7, 11) is -3.07. The molecular weight excluding hydrogens is 384 g/mol. The standard InChI is InChI=1S/C16H19ClN2O4S2/c1-2-23-15(20)8-24-16-18-13-9-25(21,22)10-14(13)19(16)7-11-3-5-12(17)6-4-11/h3-6,13-14H,2,7-10H2,1H3/t13-,14-/m0/s1. The number of thioether (sulfide) groups is 1. The molecule has 1 aromatic carbocycles. The highest BCUT2D eigenvalue weighted by molar-refractivity contribution is 8.14. The smallest absolute Gasteiger partial charge is 0.316 e. The molecule has 2 heterocycles. The van der Waals surface area contributed by atoms with Gasteiger partial charge in [-0.2, -0.15) is 0 Å². The minimum Gasteiger partial charge on any atom is -0.465 e.